The third kappa shape index (κ3) is 4.72. The third-order valence-corrected chi connectivity index (χ3v) is 4.69. The Bertz CT molecular complexity index is 757. The Hall–Kier alpha value is -2.55. The Morgan fingerprint density at radius 1 is 0.760 bits per heavy atom. The molecule has 0 aliphatic rings. The van der Waals surface area contributed by atoms with Crippen molar-refractivity contribution in [3.05, 3.63) is 103 Å². The van der Waals surface area contributed by atoms with Gasteiger partial charge >= 0.3 is 0 Å². The first-order chi connectivity index (χ1) is 12.3. The lowest BCUT2D eigenvalue weighted by atomic mass is 9.77. The quantitative estimate of drug-likeness (QED) is 0.606. The van der Waals surface area contributed by atoms with Crippen LogP contribution in [0.1, 0.15) is 29.0 Å². The predicted octanol–water partition coefficient (Wildman–Crippen LogP) is 5.03. The fourth-order valence-corrected chi connectivity index (χ4v) is 3.31. The molecule has 2 nitrogen and oxygen atoms in total. The van der Waals surface area contributed by atoms with E-state index in [1.807, 2.05) is 36.9 Å². The molecule has 0 aliphatic heterocycles. The van der Waals surface area contributed by atoms with Crippen LogP contribution in [-0.2, 0) is 12.8 Å². The smallest absolute Gasteiger partial charge is 0.123 e. The van der Waals surface area contributed by atoms with Crippen molar-refractivity contribution < 1.29 is 4.39 Å². The Labute approximate surface area is 148 Å². The maximum Gasteiger partial charge on any atom is 0.123 e. The van der Waals surface area contributed by atoms with E-state index in [4.69, 9.17) is 0 Å². The van der Waals surface area contributed by atoms with Crippen molar-refractivity contribution in [3.8, 4) is 0 Å². The normalized spacial score (nSPS) is 13.4. The summed E-state index contributed by atoms with van der Waals surface area (Å²) in [4.78, 5) is 8.25. The van der Waals surface area contributed by atoms with E-state index in [0.29, 0.717) is 11.8 Å². The monoisotopic (exact) mass is 333 g/mol. The zero-order valence-corrected chi connectivity index (χ0v) is 14.2. The molecule has 1 radical (unpaired) electrons. The molecular formula is C22H22FN2. The molecule has 0 saturated heterocycles. The van der Waals surface area contributed by atoms with E-state index < -0.39 is 0 Å². The maximum atomic E-state index is 13.2. The van der Waals surface area contributed by atoms with Crippen LogP contribution in [-0.4, -0.2) is 9.97 Å². The van der Waals surface area contributed by atoms with Crippen molar-refractivity contribution in [1.29, 1.82) is 0 Å². The van der Waals surface area contributed by atoms with Gasteiger partial charge in [0.2, 0.25) is 0 Å². The average Bonchev–Trinajstić information content (AvgIpc) is 2.67. The van der Waals surface area contributed by atoms with Crippen molar-refractivity contribution >= 4 is 0 Å². The summed E-state index contributed by atoms with van der Waals surface area (Å²) in [6.07, 6.45) is 9.96. The molecule has 0 saturated carbocycles. The molecule has 3 rings (SSSR count). The first-order valence-corrected chi connectivity index (χ1v) is 8.59. The molecule has 1 aromatic carbocycles. The van der Waals surface area contributed by atoms with E-state index in [2.05, 4.69) is 41.2 Å². The van der Waals surface area contributed by atoms with Crippen LogP contribution in [0.4, 0.5) is 4.39 Å². The molecule has 2 atom stereocenters. The number of benzene rings is 1. The second-order valence-electron chi connectivity index (χ2n) is 6.33. The zero-order chi connectivity index (χ0) is 17.5. The topological polar surface area (TPSA) is 25.8 Å². The van der Waals surface area contributed by atoms with Gasteiger partial charge in [-0.1, -0.05) is 19.1 Å². The van der Waals surface area contributed by atoms with Crippen LogP contribution in [0.25, 0.3) is 0 Å². The molecule has 25 heavy (non-hydrogen) atoms. The van der Waals surface area contributed by atoms with Crippen molar-refractivity contribution in [2.24, 2.45) is 5.92 Å². The van der Waals surface area contributed by atoms with E-state index in [1.54, 1.807) is 0 Å². The molecule has 0 bridgehead atoms. The summed E-state index contributed by atoms with van der Waals surface area (Å²) in [6, 6.07) is 15.1. The number of hydrogen-bond donors (Lipinski definition) is 0. The van der Waals surface area contributed by atoms with Crippen molar-refractivity contribution in [3.63, 3.8) is 0 Å². The number of halogens is 1. The summed E-state index contributed by atoms with van der Waals surface area (Å²) < 4.78 is 13.2. The summed E-state index contributed by atoms with van der Waals surface area (Å²) in [5.74, 6) is 0.492. The van der Waals surface area contributed by atoms with Crippen LogP contribution in [0.3, 0.4) is 0 Å². The molecule has 0 aliphatic carbocycles. The van der Waals surface area contributed by atoms with Crippen LogP contribution in [0, 0.1) is 18.7 Å². The number of nitrogens with zero attached hydrogens (tertiary/aromatic N) is 2. The number of hydrogen-bond acceptors (Lipinski definition) is 2. The maximum absolute atomic E-state index is 13.2. The fourth-order valence-electron chi connectivity index (χ4n) is 3.31. The van der Waals surface area contributed by atoms with Gasteiger partial charge in [0.15, 0.2) is 0 Å². The largest absolute Gasteiger partial charge is 0.265 e. The van der Waals surface area contributed by atoms with Gasteiger partial charge in [-0.05, 0) is 84.2 Å². The predicted molar refractivity (Wildman–Crippen MR) is 98.5 cm³/mol. The number of rotatable bonds is 7. The van der Waals surface area contributed by atoms with Crippen LogP contribution in [0.15, 0.2) is 73.3 Å². The number of pyridine rings is 2. The first-order valence-electron chi connectivity index (χ1n) is 8.59. The van der Waals surface area contributed by atoms with Gasteiger partial charge in [-0.15, -0.1) is 0 Å². The minimum atomic E-state index is -0.197. The molecule has 3 aromatic rings. The van der Waals surface area contributed by atoms with Gasteiger partial charge in [-0.3, -0.25) is 9.97 Å². The summed E-state index contributed by atoms with van der Waals surface area (Å²) in [5.41, 5.74) is 3.67. The minimum Gasteiger partial charge on any atom is -0.265 e. The SMILES string of the molecule is [CH2]CC(Cc1ccc(F)cc1)C(Cc1ccncc1)c1ccncc1. The number of aromatic nitrogens is 2. The van der Waals surface area contributed by atoms with Gasteiger partial charge in [0.1, 0.15) is 5.82 Å². The Balaban J connectivity index is 1.86. The highest BCUT2D eigenvalue weighted by atomic mass is 19.1. The van der Waals surface area contributed by atoms with Crippen LogP contribution < -0.4 is 0 Å². The van der Waals surface area contributed by atoms with Gasteiger partial charge in [-0.2, -0.15) is 0 Å². The lowest BCUT2D eigenvalue weighted by Crippen LogP contribution is -2.18. The molecule has 2 unspecified atom stereocenters. The first kappa shape index (κ1) is 17.3. The molecular weight excluding hydrogens is 311 g/mol. The lowest BCUT2D eigenvalue weighted by Gasteiger charge is -2.27. The molecule has 0 N–H and O–H groups in total. The lowest BCUT2D eigenvalue weighted by molar-refractivity contribution is 0.418. The zero-order valence-electron chi connectivity index (χ0n) is 14.2. The standard InChI is InChI=1S/C22H22FN2/c1-2-19(15-17-3-5-21(23)6-4-17)22(20-9-13-25-14-10-20)16-18-7-11-24-12-8-18/h3-14,19,22H,1-2,15-16H2. The summed E-state index contributed by atoms with van der Waals surface area (Å²) in [6.45, 7) is 4.19. The fraction of sp³-hybridized carbons (Fsp3) is 0.227. The van der Waals surface area contributed by atoms with Gasteiger partial charge in [0, 0.05) is 24.8 Å². The van der Waals surface area contributed by atoms with E-state index in [9.17, 15) is 4.39 Å². The van der Waals surface area contributed by atoms with Crippen molar-refractivity contribution in [2.75, 3.05) is 0 Å². The summed E-state index contributed by atoms with van der Waals surface area (Å²) >= 11 is 0. The Morgan fingerprint density at radius 3 is 1.92 bits per heavy atom. The van der Waals surface area contributed by atoms with E-state index in [0.717, 1.165) is 24.8 Å². The van der Waals surface area contributed by atoms with Crippen LogP contribution in [0.5, 0.6) is 0 Å². The average molecular weight is 333 g/mol. The molecule has 0 spiro atoms. The minimum absolute atomic E-state index is 0.197. The highest BCUT2D eigenvalue weighted by molar-refractivity contribution is 5.24. The summed E-state index contributed by atoms with van der Waals surface area (Å²) in [7, 11) is 0. The Kier molecular flexibility index (Phi) is 5.89. The van der Waals surface area contributed by atoms with Gasteiger partial charge in [-0.25, -0.2) is 4.39 Å². The van der Waals surface area contributed by atoms with Gasteiger partial charge < -0.3 is 0 Å². The third-order valence-electron chi connectivity index (χ3n) is 4.69. The molecule has 3 heteroatoms. The van der Waals surface area contributed by atoms with Crippen LogP contribution in [0.2, 0.25) is 0 Å². The molecule has 2 heterocycles. The molecule has 127 valence electrons. The molecule has 0 fully saturated rings. The van der Waals surface area contributed by atoms with Gasteiger partial charge in [0.05, 0.1) is 0 Å². The summed E-state index contributed by atoms with van der Waals surface area (Å²) in [5, 5.41) is 0. The van der Waals surface area contributed by atoms with E-state index in [1.165, 1.54) is 23.3 Å². The second-order valence-corrected chi connectivity index (χ2v) is 6.33. The molecule has 0 amide bonds. The van der Waals surface area contributed by atoms with E-state index in [-0.39, 0.29) is 5.82 Å². The van der Waals surface area contributed by atoms with Crippen molar-refractivity contribution in [1.82, 2.24) is 9.97 Å². The highest BCUT2D eigenvalue weighted by Crippen LogP contribution is 2.33. The van der Waals surface area contributed by atoms with Crippen LogP contribution >= 0.6 is 0 Å². The second kappa shape index (κ2) is 8.52. The van der Waals surface area contributed by atoms with Crippen molar-refractivity contribution in [2.45, 2.75) is 25.2 Å². The van der Waals surface area contributed by atoms with E-state index >= 15 is 0 Å². The van der Waals surface area contributed by atoms with Gasteiger partial charge in [0.25, 0.3) is 0 Å². The highest BCUT2D eigenvalue weighted by Gasteiger charge is 2.23. The molecule has 2 aromatic heterocycles. The Morgan fingerprint density at radius 2 is 1.32 bits per heavy atom.